The quantitative estimate of drug-likeness (QED) is 0.691. The first-order valence-electron chi connectivity index (χ1n) is 9.43. The first kappa shape index (κ1) is 20.7. The van der Waals surface area contributed by atoms with Crippen molar-refractivity contribution < 1.29 is 13.2 Å². The maximum atomic E-state index is 13.3. The van der Waals surface area contributed by atoms with E-state index in [2.05, 4.69) is 5.32 Å². The van der Waals surface area contributed by atoms with Gasteiger partial charge in [-0.05, 0) is 62.4 Å². The van der Waals surface area contributed by atoms with Crippen molar-refractivity contribution >= 4 is 33.4 Å². The van der Waals surface area contributed by atoms with E-state index >= 15 is 0 Å². The van der Waals surface area contributed by atoms with Crippen LogP contribution in [0.15, 0.2) is 58.3 Å². The molecule has 1 aliphatic carbocycles. The third-order valence-electron chi connectivity index (χ3n) is 4.98. The van der Waals surface area contributed by atoms with Gasteiger partial charge in [0.25, 0.3) is 10.0 Å². The molecule has 150 valence electrons. The molecule has 0 aromatic heterocycles. The lowest BCUT2D eigenvalue weighted by Gasteiger charge is -2.25. The zero-order chi connectivity index (χ0) is 20.1. The van der Waals surface area contributed by atoms with Gasteiger partial charge in [-0.2, -0.15) is 0 Å². The SMILES string of the molecule is CSc1ccc(S(=O)(=O)N(CC(=O)NC2CCCC2)c2ccc(C)cc2)cc1. The summed E-state index contributed by atoms with van der Waals surface area (Å²) >= 11 is 1.55. The van der Waals surface area contributed by atoms with Gasteiger partial charge in [0.15, 0.2) is 0 Å². The van der Waals surface area contributed by atoms with Crippen molar-refractivity contribution in [3.8, 4) is 0 Å². The Morgan fingerprint density at radius 1 is 1.07 bits per heavy atom. The Bertz CT molecular complexity index is 904. The number of hydrogen-bond acceptors (Lipinski definition) is 4. The summed E-state index contributed by atoms with van der Waals surface area (Å²) in [4.78, 5) is 13.8. The molecule has 0 unspecified atom stereocenters. The Kier molecular flexibility index (Phi) is 6.67. The van der Waals surface area contributed by atoms with Gasteiger partial charge in [-0.15, -0.1) is 11.8 Å². The van der Waals surface area contributed by atoms with E-state index in [0.29, 0.717) is 5.69 Å². The van der Waals surface area contributed by atoms with Gasteiger partial charge >= 0.3 is 0 Å². The molecule has 7 heteroatoms. The van der Waals surface area contributed by atoms with E-state index in [1.165, 1.54) is 4.31 Å². The smallest absolute Gasteiger partial charge is 0.264 e. The molecule has 1 fully saturated rings. The van der Waals surface area contributed by atoms with Gasteiger partial charge in [0.1, 0.15) is 6.54 Å². The molecule has 0 aliphatic heterocycles. The van der Waals surface area contributed by atoms with Crippen molar-refractivity contribution in [1.29, 1.82) is 0 Å². The Morgan fingerprint density at radius 2 is 1.68 bits per heavy atom. The maximum absolute atomic E-state index is 13.3. The minimum absolute atomic E-state index is 0.149. The second-order valence-electron chi connectivity index (χ2n) is 7.07. The molecule has 28 heavy (non-hydrogen) atoms. The normalized spacial score (nSPS) is 14.8. The summed E-state index contributed by atoms with van der Waals surface area (Å²) in [6.45, 7) is 1.71. The zero-order valence-electron chi connectivity index (χ0n) is 16.2. The van der Waals surface area contributed by atoms with E-state index in [4.69, 9.17) is 0 Å². The number of rotatable bonds is 7. The molecule has 0 bridgehead atoms. The van der Waals surface area contributed by atoms with E-state index in [0.717, 1.165) is 36.1 Å². The Labute approximate surface area is 171 Å². The summed E-state index contributed by atoms with van der Waals surface area (Å²) in [7, 11) is -3.86. The monoisotopic (exact) mass is 418 g/mol. The molecule has 1 aliphatic rings. The molecule has 0 atom stereocenters. The first-order chi connectivity index (χ1) is 13.4. The van der Waals surface area contributed by atoms with Crippen molar-refractivity contribution in [3.05, 3.63) is 54.1 Å². The standard InChI is InChI=1S/C21H26N2O3S2/c1-16-7-9-18(10-8-16)23(15-21(24)22-17-5-3-4-6-17)28(25,26)20-13-11-19(27-2)12-14-20/h7-14,17H,3-6,15H2,1-2H3,(H,22,24). The van der Waals surface area contributed by atoms with Crippen molar-refractivity contribution in [2.75, 3.05) is 17.1 Å². The number of carbonyl (C=O) groups is 1. The second kappa shape index (κ2) is 9.01. The number of benzene rings is 2. The van der Waals surface area contributed by atoms with Crippen LogP contribution in [0, 0.1) is 6.92 Å². The number of sulfonamides is 1. The van der Waals surface area contributed by atoms with Crippen molar-refractivity contribution in [3.63, 3.8) is 0 Å². The fourth-order valence-electron chi connectivity index (χ4n) is 3.37. The summed E-state index contributed by atoms with van der Waals surface area (Å²) in [6.07, 6.45) is 6.06. The lowest BCUT2D eigenvalue weighted by atomic mass is 10.2. The maximum Gasteiger partial charge on any atom is 0.264 e. The number of amides is 1. The fraction of sp³-hybridized carbons (Fsp3) is 0.381. The molecule has 1 amide bonds. The summed E-state index contributed by atoms with van der Waals surface area (Å²) in [5, 5.41) is 2.98. The van der Waals surface area contributed by atoms with Crippen molar-refractivity contribution in [2.24, 2.45) is 0 Å². The third kappa shape index (κ3) is 4.89. The fourth-order valence-corrected chi connectivity index (χ4v) is 5.20. The molecule has 3 rings (SSSR count). The largest absolute Gasteiger partial charge is 0.352 e. The Balaban J connectivity index is 1.89. The summed E-state index contributed by atoms with van der Waals surface area (Å²) in [5.41, 5.74) is 1.52. The first-order valence-corrected chi connectivity index (χ1v) is 12.1. The van der Waals surface area contributed by atoms with Crippen LogP contribution < -0.4 is 9.62 Å². The number of aryl methyl sites for hydroxylation is 1. The van der Waals surface area contributed by atoms with Crippen molar-refractivity contribution in [1.82, 2.24) is 5.32 Å². The highest BCUT2D eigenvalue weighted by Gasteiger charge is 2.28. The van der Waals surface area contributed by atoms with Gasteiger partial charge in [0.2, 0.25) is 5.91 Å². The Hall–Kier alpha value is -1.99. The molecule has 0 radical (unpaired) electrons. The second-order valence-corrected chi connectivity index (χ2v) is 9.81. The highest BCUT2D eigenvalue weighted by Crippen LogP contribution is 2.26. The minimum atomic E-state index is -3.86. The Morgan fingerprint density at radius 3 is 2.25 bits per heavy atom. The molecular formula is C21H26N2O3S2. The van der Waals surface area contributed by atoms with E-state index in [-0.39, 0.29) is 23.4 Å². The average molecular weight is 419 g/mol. The predicted octanol–water partition coefficient (Wildman–Crippen LogP) is 3.97. The number of nitrogens with one attached hydrogen (secondary N) is 1. The van der Waals surface area contributed by atoms with Crippen LogP contribution in [0.4, 0.5) is 5.69 Å². The number of hydrogen-bond donors (Lipinski definition) is 1. The number of nitrogens with zero attached hydrogens (tertiary/aromatic N) is 1. The lowest BCUT2D eigenvalue weighted by molar-refractivity contribution is -0.120. The average Bonchev–Trinajstić information content (AvgIpc) is 3.20. The van der Waals surface area contributed by atoms with Gasteiger partial charge in [-0.1, -0.05) is 30.5 Å². The summed E-state index contributed by atoms with van der Waals surface area (Å²) in [6, 6.07) is 14.1. The molecule has 5 nitrogen and oxygen atoms in total. The number of thioether (sulfide) groups is 1. The van der Waals surface area contributed by atoms with Gasteiger partial charge in [-0.25, -0.2) is 8.42 Å². The number of anilines is 1. The van der Waals surface area contributed by atoms with Crippen LogP contribution in [0.5, 0.6) is 0 Å². The molecule has 0 saturated heterocycles. The molecule has 0 heterocycles. The number of carbonyl (C=O) groups excluding carboxylic acids is 1. The van der Waals surface area contributed by atoms with Crippen LogP contribution in [-0.4, -0.2) is 33.2 Å². The van der Waals surface area contributed by atoms with Crippen LogP contribution in [0.2, 0.25) is 0 Å². The van der Waals surface area contributed by atoms with Gasteiger partial charge in [0.05, 0.1) is 10.6 Å². The van der Waals surface area contributed by atoms with Crippen LogP contribution >= 0.6 is 11.8 Å². The topological polar surface area (TPSA) is 66.5 Å². The molecule has 1 N–H and O–H groups in total. The minimum Gasteiger partial charge on any atom is -0.352 e. The van der Waals surface area contributed by atoms with Crippen LogP contribution in [0.3, 0.4) is 0 Å². The van der Waals surface area contributed by atoms with Crippen molar-refractivity contribution in [2.45, 2.75) is 48.4 Å². The molecule has 2 aromatic rings. The lowest BCUT2D eigenvalue weighted by Crippen LogP contribution is -2.43. The van der Waals surface area contributed by atoms with E-state index < -0.39 is 10.0 Å². The predicted molar refractivity (Wildman–Crippen MR) is 114 cm³/mol. The molecular weight excluding hydrogens is 392 g/mol. The summed E-state index contributed by atoms with van der Waals surface area (Å²) in [5.74, 6) is -0.267. The van der Waals surface area contributed by atoms with Crippen LogP contribution in [0.25, 0.3) is 0 Å². The van der Waals surface area contributed by atoms with Crippen LogP contribution in [0.1, 0.15) is 31.2 Å². The van der Waals surface area contributed by atoms with Gasteiger partial charge < -0.3 is 5.32 Å². The van der Waals surface area contributed by atoms with Crippen LogP contribution in [-0.2, 0) is 14.8 Å². The highest BCUT2D eigenvalue weighted by atomic mass is 32.2. The van der Waals surface area contributed by atoms with E-state index in [9.17, 15) is 13.2 Å². The molecule has 0 spiro atoms. The molecule has 1 saturated carbocycles. The van der Waals surface area contributed by atoms with Gasteiger partial charge in [-0.3, -0.25) is 9.10 Å². The zero-order valence-corrected chi connectivity index (χ0v) is 17.9. The highest BCUT2D eigenvalue weighted by molar-refractivity contribution is 7.98. The summed E-state index contributed by atoms with van der Waals surface area (Å²) < 4.78 is 27.9. The van der Waals surface area contributed by atoms with Gasteiger partial charge in [0, 0.05) is 10.9 Å². The molecule has 2 aromatic carbocycles. The third-order valence-corrected chi connectivity index (χ3v) is 7.51. The van der Waals surface area contributed by atoms with E-state index in [1.54, 1.807) is 48.2 Å². The van der Waals surface area contributed by atoms with E-state index in [1.807, 2.05) is 25.3 Å².